The molecule has 0 N–H and O–H groups in total. The molecule has 0 aromatic heterocycles. The fourth-order valence-electron chi connectivity index (χ4n) is 0.870. The summed E-state index contributed by atoms with van der Waals surface area (Å²) in [5.74, 6) is 0. The van der Waals surface area contributed by atoms with Gasteiger partial charge in [-0.1, -0.05) is 29.8 Å². The van der Waals surface area contributed by atoms with Crippen LogP contribution in [0.2, 0.25) is 0 Å². The molecule has 0 aliphatic carbocycles. The van der Waals surface area contributed by atoms with Crippen LogP contribution >= 0.6 is 11.6 Å². The van der Waals surface area contributed by atoms with E-state index in [9.17, 15) is 8.42 Å². The maximum atomic E-state index is 11.6. The highest BCUT2D eigenvalue weighted by atomic mass is 35.5. The lowest BCUT2D eigenvalue weighted by molar-refractivity contribution is 0.603. The average Bonchev–Trinajstić information content (AvgIpc) is 2.20. The van der Waals surface area contributed by atoms with Gasteiger partial charge in [0.25, 0.3) is 0 Å². The van der Waals surface area contributed by atoms with Gasteiger partial charge in [0.1, 0.15) is 6.07 Å². The van der Waals surface area contributed by atoms with E-state index in [1.165, 1.54) is 18.2 Å². The summed E-state index contributed by atoms with van der Waals surface area (Å²) in [6.45, 7) is 0. The van der Waals surface area contributed by atoms with Crippen molar-refractivity contribution in [2.24, 2.45) is 0 Å². The van der Waals surface area contributed by atoms with Gasteiger partial charge in [0.05, 0.1) is 4.90 Å². The third kappa shape index (κ3) is 1.95. The van der Waals surface area contributed by atoms with Crippen LogP contribution in [0.25, 0.3) is 0 Å². The number of allylic oxidation sites excluding steroid dienone is 1. The fourth-order valence-corrected chi connectivity index (χ4v) is 2.28. The summed E-state index contributed by atoms with van der Waals surface area (Å²) < 4.78 is 23.2. The zero-order chi connectivity index (χ0) is 10.6. The highest BCUT2D eigenvalue weighted by molar-refractivity contribution is 7.95. The smallest absolute Gasteiger partial charge is 0.217 e. The number of nitriles is 1. The Labute approximate surface area is 87.2 Å². The molecule has 0 spiro atoms. The number of sulfone groups is 1. The fraction of sp³-hybridized carbons (Fsp3) is 0. The number of hydrogen-bond donors (Lipinski definition) is 0. The second kappa shape index (κ2) is 4.27. The molecule has 0 saturated heterocycles. The molecule has 0 aliphatic rings. The van der Waals surface area contributed by atoms with Gasteiger partial charge in [0, 0.05) is 5.54 Å². The van der Waals surface area contributed by atoms with E-state index in [0.717, 1.165) is 5.54 Å². The van der Waals surface area contributed by atoms with Crippen molar-refractivity contribution >= 4 is 21.4 Å². The summed E-state index contributed by atoms with van der Waals surface area (Å²) in [5, 5.41) is 8.54. The Kier molecular flexibility index (Phi) is 3.28. The van der Waals surface area contributed by atoms with Crippen molar-refractivity contribution in [3.63, 3.8) is 0 Å². The third-order valence-corrected chi connectivity index (χ3v) is 3.58. The maximum Gasteiger partial charge on any atom is 0.217 e. The van der Waals surface area contributed by atoms with Crippen LogP contribution in [0.4, 0.5) is 0 Å². The van der Waals surface area contributed by atoms with Gasteiger partial charge in [-0.3, -0.25) is 0 Å². The van der Waals surface area contributed by atoms with Crippen molar-refractivity contribution in [1.29, 1.82) is 5.26 Å². The largest absolute Gasteiger partial charge is 0.218 e. The lowest BCUT2D eigenvalue weighted by Crippen LogP contribution is -2.02. The molecule has 0 bridgehead atoms. The predicted octanol–water partition coefficient (Wildman–Crippen LogP) is 2.06. The van der Waals surface area contributed by atoms with Crippen LogP contribution in [-0.4, -0.2) is 8.42 Å². The van der Waals surface area contributed by atoms with Crippen molar-refractivity contribution in [2.75, 3.05) is 0 Å². The zero-order valence-electron chi connectivity index (χ0n) is 7.01. The van der Waals surface area contributed by atoms with Crippen molar-refractivity contribution < 1.29 is 8.42 Å². The molecule has 0 aliphatic heterocycles. The van der Waals surface area contributed by atoms with Crippen molar-refractivity contribution in [3.05, 3.63) is 40.8 Å². The lowest BCUT2D eigenvalue weighted by atomic mass is 10.4. The first-order valence-electron chi connectivity index (χ1n) is 3.63. The van der Waals surface area contributed by atoms with Crippen LogP contribution in [0, 0.1) is 11.3 Å². The van der Waals surface area contributed by atoms with E-state index in [0.29, 0.717) is 0 Å². The summed E-state index contributed by atoms with van der Waals surface area (Å²) >= 11 is 5.24. The summed E-state index contributed by atoms with van der Waals surface area (Å²) in [6, 6.07) is 9.20. The SMILES string of the molecule is N#C/C(=C\Cl)S(=O)(=O)c1ccccc1. The first-order valence-corrected chi connectivity index (χ1v) is 5.55. The molecule has 72 valence electrons. The molecule has 0 heterocycles. The molecule has 0 fully saturated rings. The molecular formula is C9H6ClNO2S. The molecule has 0 atom stereocenters. The second-order valence-electron chi connectivity index (χ2n) is 2.40. The Morgan fingerprint density at radius 2 is 1.93 bits per heavy atom. The first-order chi connectivity index (χ1) is 6.62. The lowest BCUT2D eigenvalue weighted by Gasteiger charge is -2.00. The second-order valence-corrected chi connectivity index (χ2v) is 4.54. The number of hydrogen-bond acceptors (Lipinski definition) is 3. The van der Waals surface area contributed by atoms with E-state index in [1.54, 1.807) is 18.2 Å². The van der Waals surface area contributed by atoms with Crippen LogP contribution in [0.5, 0.6) is 0 Å². The predicted molar refractivity (Wildman–Crippen MR) is 53.2 cm³/mol. The Hall–Kier alpha value is -1.31. The van der Waals surface area contributed by atoms with Crippen LogP contribution in [-0.2, 0) is 9.84 Å². The highest BCUT2D eigenvalue weighted by Crippen LogP contribution is 2.18. The minimum atomic E-state index is -3.73. The summed E-state index contributed by atoms with van der Waals surface area (Å²) in [4.78, 5) is -0.390. The monoisotopic (exact) mass is 227 g/mol. The van der Waals surface area contributed by atoms with E-state index in [4.69, 9.17) is 16.9 Å². The van der Waals surface area contributed by atoms with Crippen molar-refractivity contribution in [3.8, 4) is 6.07 Å². The molecule has 1 aromatic rings. The Morgan fingerprint density at radius 3 is 2.36 bits per heavy atom. The Morgan fingerprint density at radius 1 is 1.36 bits per heavy atom. The molecule has 0 amide bonds. The van der Waals surface area contributed by atoms with Crippen molar-refractivity contribution in [1.82, 2.24) is 0 Å². The van der Waals surface area contributed by atoms with Gasteiger partial charge in [0.15, 0.2) is 4.91 Å². The van der Waals surface area contributed by atoms with Gasteiger partial charge < -0.3 is 0 Å². The van der Waals surface area contributed by atoms with Gasteiger partial charge >= 0.3 is 0 Å². The van der Waals surface area contributed by atoms with E-state index in [-0.39, 0.29) is 4.90 Å². The van der Waals surface area contributed by atoms with Gasteiger partial charge in [0.2, 0.25) is 9.84 Å². The topological polar surface area (TPSA) is 57.9 Å². The van der Waals surface area contributed by atoms with E-state index < -0.39 is 14.7 Å². The van der Waals surface area contributed by atoms with E-state index in [2.05, 4.69) is 0 Å². The molecule has 5 heteroatoms. The molecular weight excluding hydrogens is 222 g/mol. The number of halogens is 1. The highest BCUT2D eigenvalue weighted by Gasteiger charge is 2.19. The molecule has 3 nitrogen and oxygen atoms in total. The molecule has 0 radical (unpaired) electrons. The molecule has 1 aromatic carbocycles. The van der Waals surface area contributed by atoms with Gasteiger partial charge in [-0.05, 0) is 12.1 Å². The third-order valence-electron chi connectivity index (χ3n) is 1.55. The summed E-state index contributed by atoms with van der Waals surface area (Å²) in [5.41, 5.74) is 0.766. The van der Waals surface area contributed by atoms with Crippen LogP contribution in [0.3, 0.4) is 0 Å². The zero-order valence-corrected chi connectivity index (χ0v) is 8.59. The summed E-state index contributed by atoms with van der Waals surface area (Å²) in [6.07, 6.45) is 0. The molecule has 0 unspecified atom stereocenters. The van der Waals surface area contributed by atoms with Crippen LogP contribution in [0.15, 0.2) is 45.7 Å². The maximum absolute atomic E-state index is 11.6. The normalized spacial score (nSPS) is 12.1. The van der Waals surface area contributed by atoms with Crippen molar-refractivity contribution in [2.45, 2.75) is 4.90 Å². The molecule has 14 heavy (non-hydrogen) atoms. The molecule has 0 saturated carbocycles. The number of rotatable bonds is 2. The van der Waals surface area contributed by atoms with E-state index in [1.807, 2.05) is 0 Å². The minimum absolute atomic E-state index is 0.0634. The standard InChI is InChI=1S/C9H6ClNO2S/c10-6-9(7-11)14(12,13)8-4-2-1-3-5-8/h1-6H/b9-6+. The quantitative estimate of drug-likeness (QED) is 0.727. The van der Waals surface area contributed by atoms with Gasteiger partial charge in [-0.25, -0.2) is 8.42 Å². The first kappa shape index (κ1) is 10.8. The minimum Gasteiger partial charge on any atom is -0.218 e. The van der Waals surface area contributed by atoms with Crippen LogP contribution in [0.1, 0.15) is 0 Å². The average molecular weight is 228 g/mol. The Balaban J connectivity index is 3.32. The molecule has 1 rings (SSSR count). The van der Waals surface area contributed by atoms with Gasteiger partial charge in [-0.15, -0.1) is 0 Å². The van der Waals surface area contributed by atoms with Gasteiger partial charge in [-0.2, -0.15) is 5.26 Å². The van der Waals surface area contributed by atoms with Crippen LogP contribution < -0.4 is 0 Å². The number of nitrogens with zero attached hydrogens (tertiary/aromatic N) is 1. The Bertz CT molecular complexity index is 485. The van der Waals surface area contributed by atoms with E-state index >= 15 is 0 Å². The number of benzene rings is 1. The summed E-state index contributed by atoms with van der Waals surface area (Å²) in [7, 11) is -3.73.